The van der Waals surface area contributed by atoms with Crippen molar-refractivity contribution in [3.63, 3.8) is 0 Å². The zero-order valence-corrected chi connectivity index (χ0v) is 8.14. The van der Waals surface area contributed by atoms with E-state index in [9.17, 15) is 5.11 Å². The summed E-state index contributed by atoms with van der Waals surface area (Å²) >= 11 is 0. The quantitative estimate of drug-likeness (QED) is 0.575. The van der Waals surface area contributed by atoms with Crippen molar-refractivity contribution in [2.24, 2.45) is 0 Å². The second-order valence-corrected chi connectivity index (χ2v) is 3.65. The molecule has 0 aliphatic carbocycles. The van der Waals surface area contributed by atoms with Gasteiger partial charge in [0.25, 0.3) is 0 Å². The normalized spacial score (nSPS) is 28.2. The Bertz CT molecular complexity index is 145. The molecule has 4 unspecified atom stereocenters. The molecule has 0 aromatic carbocycles. The lowest BCUT2D eigenvalue weighted by Gasteiger charge is -2.19. The first-order chi connectivity index (χ1) is 6.09. The Morgan fingerprint density at radius 3 is 2.54 bits per heavy atom. The number of hydrogen-bond acceptors (Lipinski definition) is 4. The van der Waals surface area contributed by atoms with Gasteiger partial charge >= 0.3 is 0 Å². The highest BCUT2D eigenvalue weighted by Gasteiger charge is 2.28. The summed E-state index contributed by atoms with van der Waals surface area (Å²) in [5, 5.41) is 18.5. The minimum atomic E-state index is -0.494. The molecule has 1 fully saturated rings. The molecule has 4 heteroatoms. The summed E-state index contributed by atoms with van der Waals surface area (Å²) < 4.78 is 10.2. The molecule has 0 radical (unpaired) electrons. The Kier molecular flexibility index (Phi) is 4.12. The van der Waals surface area contributed by atoms with E-state index in [1.165, 1.54) is 0 Å². The minimum absolute atomic E-state index is 0.215. The SMILES string of the molecule is CC(O)COC(C)C(O)CC1CO1. The van der Waals surface area contributed by atoms with Crippen molar-refractivity contribution in [2.75, 3.05) is 13.2 Å². The van der Waals surface area contributed by atoms with E-state index >= 15 is 0 Å². The van der Waals surface area contributed by atoms with Gasteiger partial charge in [0.2, 0.25) is 0 Å². The monoisotopic (exact) mass is 190 g/mol. The van der Waals surface area contributed by atoms with Gasteiger partial charge in [-0.3, -0.25) is 0 Å². The van der Waals surface area contributed by atoms with E-state index in [1.807, 2.05) is 0 Å². The van der Waals surface area contributed by atoms with Crippen LogP contribution in [0.4, 0.5) is 0 Å². The van der Waals surface area contributed by atoms with Gasteiger partial charge in [0.1, 0.15) is 0 Å². The Balaban J connectivity index is 2.08. The molecule has 0 bridgehead atoms. The zero-order chi connectivity index (χ0) is 9.84. The van der Waals surface area contributed by atoms with E-state index in [4.69, 9.17) is 14.6 Å². The predicted molar refractivity (Wildman–Crippen MR) is 47.5 cm³/mol. The van der Waals surface area contributed by atoms with E-state index in [0.29, 0.717) is 6.42 Å². The molecule has 0 spiro atoms. The number of rotatable bonds is 6. The van der Waals surface area contributed by atoms with Gasteiger partial charge < -0.3 is 19.7 Å². The summed E-state index contributed by atoms with van der Waals surface area (Å²) in [4.78, 5) is 0. The molecule has 78 valence electrons. The fraction of sp³-hybridized carbons (Fsp3) is 1.00. The van der Waals surface area contributed by atoms with Gasteiger partial charge in [0.05, 0.1) is 37.6 Å². The highest BCUT2D eigenvalue weighted by molar-refractivity contribution is 4.76. The van der Waals surface area contributed by atoms with Crippen LogP contribution < -0.4 is 0 Å². The molecular weight excluding hydrogens is 172 g/mol. The van der Waals surface area contributed by atoms with Crippen molar-refractivity contribution < 1.29 is 19.7 Å². The van der Waals surface area contributed by atoms with Crippen molar-refractivity contribution in [3.05, 3.63) is 0 Å². The average molecular weight is 190 g/mol. The largest absolute Gasteiger partial charge is 0.391 e. The molecule has 0 aromatic rings. The summed E-state index contributed by atoms with van der Waals surface area (Å²) in [5.41, 5.74) is 0. The first-order valence-electron chi connectivity index (χ1n) is 4.69. The van der Waals surface area contributed by atoms with Gasteiger partial charge in [0, 0.05) is 6.42 Å². The summed E-state index contributed by atoms with van der Waals surface area (Å²) in [6.07, 6.45) is -0.370. The molecule has 0 saturated carbocycles. The number of hydrogen-bond donors (Lipinski definition) is 2. The predicted octanol–water partition coefficient (Wildman–Crippen LogP) is -0.0779. The molecule has 13 heavy (non-hydrogen) atoms. The van der Waals surface area contributed by atoms with Gasteiger partial charge in [-0.2, -0.15) is 0 Å². The van der Waals surface area contributed by atoms with Crippen molar-refractivity contribution in [1.82, 2.24) is 0 Å². The van der Waals surface area contributed by atoms with Crippen LogP contribution >= 0.6 is 0 Å². The smallest absolute Gasteiger partial charge is 0.0835 e. The number of epoxide rings is 1. The third-order valence-electron chi connectivity index (χ3n) is 2.05. The van der Waals surface area contributed by atoms with Gasteiger partial charge in [-0.1, -0.05) is 0 Å². The van der Waals surface area contributed by atoms with Gasteiger partial charge in [-0.25, -0.2) is 0 Å². The van der Waals surface area contributed by atoms with Crippen LogP contribution in [0.2, 0.25) is 0 Å². The third-order valence-corrected chi connectivity index (χ3v) is 2.05. The summed E-state index contributed by atoms with van der Waals surface area (Å²) in [6.45, 7) is 4.47. The molecule has 4 nitrogen and oxygen atoms in total. The minimum Gasteiger partial charge on any atom is -0.391 e. The second-order valence-electron chi connectivity index (χ2n) is 3.65. The van der Waals surface area contributed by atoms with Gasteiger partial charge in [-0.15, -0.1) is 0 Å². The molecule has 2 N–H and O–H groups in total. The van der Waals surface area contributed by atoms with Gasteiger partial charge in [-0.05, 0) is 13.8 Å². The maximum absolute atomic E-state index is 9.55. The number of ether oxygens (including phenoxy) is 2. The standard InChI is InChI=1S/C9H18O4/c1-6(10)4-12-7(2)9(11)3-8-5-13-8/h6-11H,3-5H2,1-2H3. The Labute approximate surface area is 78.5 Å². The third kappa shape index (κ3) is 4.57. The molecule has 1 aliphatic rings. The highest BCUT2D eigenvalue weighted by atomic mass is 16.6. The molecule has 1 heterocycles. The van der Waals surface area contributed by atoms with Crippen LogP contribution in [0.3, 0.4) is 0 Å². The molecule has 1 rings (SSSR count). The molecule has 0 amide bonds. The van der Waals surface area contributed by atoms with Crippen LogP contribution in [0, 0.1) is 0 Å². The van der Waals surface area contributed by atoms with Crippen LogP contribution in [0.5, 0.6) is 0 Å². The van der Waals surface area contributed by atoms with Crippen LogP contribution in [0.25, 0.3) is 0 Å². The van der Waals surface area contributed by atoms with E-state index in [-0.39, 0.29) is 18.8 Å². The first-order valence-corrected chi connectivity index (χ1v) is 4.69. The zero-order valence-electron chi connectivity index (χ0n) is 8.14. The Morgan fingerprint density at radius 2 is 2.08 bits per heavy atom. The molecule has 1 saturated heterocycles. The lowest BCUT2D eigenvalue weighted by atomic mass is 10.1. The van der Waals surface area contributed by atoms with E-state index < -0.39 is 12.2 Å². The maximum atomic E-state index is 9.55. The first kappa shape index (κ1) is 10.9. The lowest BCUT2D eigenvalue weighted by molar-refractivity contribution is -0.0577. The van der Waals surface area contributed by atoms with Crippen LogP contribution in [-0.4, -0.2) is 47.8 Å². The van der Waals surface area contributed by atoms with Crippen molar-refractivity contribution >= 4 is 0 Å². The number of aliphatic hydroxyl groups is 2. The van der Waals surface area contributed by atoms with Crippen molar-refractivity contribution in [1.29, 1.82) is 0 Å². The highest BCUT2D eigenvalue weighted by Crippen LogP contribution is 2.18. The lowest BCUT2D eigenvalue weighted by Crippen LogP contribution is -2.29. The van der Waals surface area contributed by atoms with Crippen molar-refractivity contribution in [3.8, 4) is 0 Å². The van der Waals surface area contributed by atoms with Crippen LogP contribution in [-0.2, 0) is 9.47 Å². The maximum Gasteiger partial charge on any atom is 0.0835 e. The van der Waals surface area contributed by atoms with Gasteiger partial charge in [0.15, 0.2) is 0 Å². The number of aliphatic hydroxyl groups excluding tert-OH is 2. The molecular formula is C9H18O4. The van der Waals surface area contributed by atoms with Crippen LogP contribution in [0.15, 0.2) is 0 Å². The summed E-state index contributed by atoms with van der Waals surface area (Å²) in [6, 6.07) is 0. The molecule has 0 aromatic heterocycles. The molecule has 4 atom stereocenters. The van der Waals surface area contributed by atoms with Crippen molar-refractivity contribution in [2.45, 2.75) is 44.7 Å². The van der Waals surface area contributed by atoms with E-state index in [1.54, 1.807) is 13.8 Å². The van der Waals surface area contributed by atoms with E-state index in [2.05, 4.69) is 0 Å². The fourth-order valence-electron chi connectivity index (χ4n) is 1.07. The second kappa shape index (κ2) is 4.91. The Morgan fingerprint density at radius 1 is 1.46 bits per heavy atom. The fourth-order valence-corrected chi connectivity index (χ4v) is 1.07. The summed E-state index contributed by atoms with van der Waals surface area (Å²) in [7, 11) is 0. The average Bonchev–Trinajstić information content (AvgIpc) is 2.83. The van der Waals surface area contributed by atoms with Crippen LogP contribution in [0.1, 0.15) is 20.3 Å². The summed E-state index contributed by atoms with van der Waals surface area (Å²) in [5.74, 6) is 0. The topological polar surface area (TPSA) is 62.2 Å². The molecule has 1 aliphatic heterocycles. The van der Waals surface area contributed by atoms with E-state index in [0.717, 1.165) is 6.61 Å². The Hall–Kier alpha value is -0.160.